The molecule has 0 spiro atoms. The Morgan fingerprint density at radius 3 is 2.36 bits per heavy atom. The van der Waals surface area contributed by atoms with Crippen molar-refractivity contribution in [1.29, 1.82) is 0 Å². The molecule has 11 heavy (non-hydrogen) atoms. The summed E-state index contributed by atoms with van der Waals surface area (Å²) in [7, 11) is 0. The monoisotopic (exact) mass is 177 g/mol. The van der Waals surface area contributed by atoms with Crippen LogP contribution in [0.25, 0.3) is 0 Å². The van der Waals surface area contributed by atoms with Gasteiger partial charge in [0.25, 0.3) is 0 Å². The van der Waals surface area contributed by atoms with Crippen LogP contribution in [0.2, 0.25) is 0 Å². The highest BCUT2D eigenvalue weighted by molar-refractivity contribution is 7.80. The van der Waals surface area contributed by atoms with Crippen molar-refractivity contribution in [3.8, 4) is 0 Å². The second-order valence-electron chi connectivity index (χ2n) is 3.36. The van der Waals surface area contributed by atoms with Crippen LogP contribution < -0.4 is 5.73 Å². The zero-order valence-corrected chi connectivity index (χ0v) is 8.02. The Morgan fingerprint density at radius 1 is 1.64 bits per heavy atom. The van der Waals surface area contributed by atoms with Crippen molar-refractivity contribution in [3.05, 3.63) is 0 Å². The van der Waals surface area contributed by atoms with Gasteiger partial charge in [-0.1, -0.05) is 0 Å². The number of rotatable bonds is 3. The van der Waals surface area contributed by atoms with E-state index < -0.39 is 11.3 Å². The van der Waals surface area contributed by atoms with Gasteiger partial charge in [0.15, 0.2) is 0 Å². The predicted octanol–water partition coefficient (Wildman–Crippen LogP) is 0.933. The van der Waals surface area contributed by atoms with Gasteiger partial charge in [-0.3, -0.25) is 4.79 Å². The lowest BCUT2D eigenvalue weighted by Gasteiger charge is -2.23. The van der Waals surface area contributed by atoms with Crippen LogP contribution >= 0.6 is 12.6 Å². The Bertz CT molecular complexity index is 142. The van der Waals surface area contributed by atoms with E-state index in [4.69, 9.17) is 10.5 Å². The number of primary amides is 1. The first-order chi connectivity index (χ1) is 4.81. The van der Waals surface area contributed by atoms with E-state index in [1.807, 2.05) is 20.8 Å². The molecule has 0 heterocycles. The van der Waals surface area contributed by atoms with Crippen LogP contribution in [0.4, 0.5) is 0 Å². The van der Waals surface area contributed by atoms with Crippen LogP contribution in [0.5, 0.6) is 0 Å². The number of carbonyl (C=O) groups excluding carboxylic acids is 1. The van der Waals surface area contributed by atoms with Gasteiger partial charge < -0.3 is 10.5 Å². The van der Waals surface area contributed by atoms with Crippen LogP contribution in [0.3, 0.4) is 0 Å². The van der Waals surface area contributed by atoms with Crippen molar-refractivity contribution in [2.45, 2.75) is 38.2 Å². The summed E-state index contributed by atoms with van der Waals surface area (Å²) < 4.78 is 5.31. The van der Waals surface area contributed by atoms with E-state index in [2.05, 4.69) is 12.6 Å². The molecule has 0 fully saturated rings. The fourth-order valence-electron chi connectivity index (χ4n) is 0.622. The molecule has 0 rings (SSSR count). The lowest BCUT2D eigenvalue weighted by Crippen LogP contribution is -2.27. The average Bonchev–Trinajstić information content (AvgIpc) is 1.53. The largest absolute Gasteiger partial charge is 0.370 e. The summed E-state index contributed by atoms with van der Waals surface area (Å²) in [6, 6.07) is 0. The molecule has 0 aliphatic carbocycles. The van der Waals surface area contributed by atoms with Crippen molar-refractivity contribution < 1.29 is 9.53 Å². The van der Waals surface area contributed by atoms with Gasteiger partial charge >= 0.3 is 0 Å². The Balaban J connectivity index is 3.69. The van der Waals surface area contributed by atoms with Crippen molar-refractivity contribution >= 4 is 18.5 Å². The molecule has 4 heteroatoms. The van der Waals surface area contributed by atoms with Gasteiger partial charge in [-0.05, 0) is 20.8 Å². The first-order valence-electron chi connectivity index (χ1n) is 3.45. The summed E-state index contributed by atoms with van der Waals surface area (Å²) >= 11 is 4.04. The summed E-state index contributed by atoms with van der Waals surface area (Å²) in [6.45, 7) is 5.70. The highest BCUT2D eigenvalue weighted by atomic mass is 32.1. The summed E-state index contributed by atoms with van der Waals surface area (Å²) in [5, 5.41) is 0. The quantitative estimate of drug-likeness (QED) is 0.498. The number of thiol groups is 1. The lowest BCUT2D eigenvalue weighted by molar-refractivity contribution is -0.121. The Kier molecular flexibility index (Phi) is 3.89. The van der Waals surface area contributed by atoms with Gasteiger partial charge in [0.05, 0.1) is 12.0 Å². The van der Waals surface area contributed by atoms with Crippen LogP contribution in [-0.4, -0.2) is 16.9 Å². The summed E-state index contributed by atoms with van der Waals surface area (Å²) in [6.07, 6.45) is 0.153. The molecular weight excluding hydrogens is 162 g/mol. The molecule has 0 radical (unpaired) electrons. The van der Waals surface area contributed by atoms with Gasteiger partial charge in [0.1, 0.15) is 5.44 Å². The maximum Gasteiger partial charge on any atom is 0.220 e. The van der Waals surface area contributed by atoms with Crippen LogP contribution in [-0.2, 0) is 9.53 Å². The number of amides is 1. The predicted molar refractivity (Wildman–Crippen MR) is 47.4 cm³/mol. The Hall–Kier alpha value is -0.220. The third-order valence-electron chi connectivity index (χ3n) is 0.865. The van der Waals surface area contributed by atoms with Crippen molar-refractivity contribution in [1.82, 2.24) is 0 Å². The molecule has 0 aromatic rings. The fourth-order valence-corrected chi connectivity index (χ4v) is 1.12. The molecular formula is C7H15NO2S. The van der Waals surface area contributed by atoms with Crippen LogP contribution in [0.15, 0.2) is 0 Å². The second-order valence-corrected chi connectivity index (χ2v) is 3.93. The van der Waals surface area contributed by atoms with Crippen molar-refractivity contribution in [2.75, 3.05) is 0 Å². The molecule has 1 atom stereocenters. The van der Waals surface area contributed by atoms with Gasteiger partial charge in [-0.2, -0.15) is 0 Å². The standard InChI is InChI=1S/C7H15NO2S/c1-7(2,3)10-6(11)4-5(8)9/h6,11H,4H2,1-3H3,(H2,8,9). The molecule has 2 N–H and O–H groups in total. The summed E-state index contributed by atoms with van der Waals surface area (Å²) in [5.74, 6) is -0.394. The first kappa shape index (κ1) is 10.8. The second kappa shape index (κ2) is 3.97. The molecule has 3 nitrogen and oxygen atoms in total. The minimum absolute atomic E-state index is 0.153. The van der Waals surface area contributed by atoms with E-state index in [1.165, 1.54) is 0 Å². The van der Waals surface area contributed by atoms with Crippen molar-refractivity contribution in [3.63, 3.8) is 0 Å². The van der Waals surface area contributed by atoms with E-state index >= 15 is 0 Å². The molecule has 0 aromatic heterocycles. The maximum atomic E-state index is 10.4. The van der Waals surface area contributed by atoms with Crippen LogP contribution in [0.1, 0.15) is 27.2 Å². The normalized spacial score (nSPS) is 14.5. The molecule has 0 aromatic carbocycles. The molecule has 0 bridgehead atoms. The third kappa shape index (κ3) is 7.68. The van der Waals surface area contributed by atoms with Gasteiger partial charge in [0.2, 0.25) is 5.91 Å². The van der Waals surface area contributed by atoms with E-state index in [9.17, 15) is 4.79 Å². The van der Waals surface area contributed by atoms with E-state index in [0.29, 0.717) is 0 Å². The van der Waals surface area contributed by atoms with Crippen molar-refractivity contribution in [2.24, 2.45) is 5.73 Å². The molecule has 1 amide bonds. The number of ether oxygens (including phenoxy) is 1. The zero-order chi connectivity index (χ0) is 9.07. The number of nitrogens with two attached hydrogens (primary N) is 1. The fraction of sp³-hybridized carbons (Fsp3) is 0.857. The van der Waals surface area contributed by atoms with Gasteiger partial charge in [-0.25, -0.2) is 0 Å². The highest BCUT2D eigenvalue weighted by Gasteiger charge is 2.16. The average molecular weight is 177 g/mol. The maximum absolute atomic E-state index is 10.4. The Morgan fingerprint density at radius 2 is 2.09 bits per heavy atom. The lowest BCUT2D eigenvalue weighted by atomic mass is 10.2. The summed E-state index contributed by atoms with van der Waals surface area (Å²) in [5.41, 5.74) is 4.27. The van der Waals surface area contributed by atoms with Gasteiger partial charge in [0, 0.05) is 0 Å². The van der Waals surface area contributed by atoms with E-state index in [-0.39, 0.29) is 12.0 Å². The SMILES string of the molecule is CC(C)(C)OC(S)CC(N)=O. The third-order valence-corrected chi connectivity index (χ3v) is 1.15. The number of carbonyl (C=O) groups is 1. The molecule has 66 valence electrons. The first-order valence-corrected chi connectivity index (χ1v) is 3.97. The topological polar surface area (TPSA) is 52.3 Å². The van der Waals surface area contributed by atoms with Crippen LogP contribution in [0, 0.1) is 0 Å². The zero-order valence-electron chi connectivity index (χ0n) is 7.13. The highest BCUT2D eigenvalue weighted by Crippen LogP contribution is 2.14. The van der Waals surface area contributed by atoms with Gasteiger partial charge in [-0.15, -0.1) is 12.6 Å². The molecule has 0 aliphatic heterocycles. The number of hydrogen-bond donors (Lipinski definition) is 2. The molecule has 0 saturated heterocycles. The minimum atomic E-state index is -0.396. The number of hydrogen-bond acceptors (Lipinski definition) is 3. The van der Waals surface area contributed by atoms with E-state index in [1.54, 1.807) is 0 Å². The molecule has 1 unspecified atom stereocenters. The summed E-state index contributed by atoms with van der Waals surface area (Å²) in [4.78, 5) is 10.4. The molecule has 0 saturated carbocycles. The Labute approximate surface area is 72.7 Å². The molecule has 0 aliphatic rings. The minimum Gasteiger partial charge on any atom is -0.370 e. The van der Waals surface area contributed by atoms with E-state index in [0.717, 1.165) is 0 Å². The smallest absolute Gasteiger partial charge is 0.220 e.